The number of hydrogen-bond acceptors (Lipinski definition) is 2. The van der Waals surface area contributed by atoms with E-state index in [0.29, 0.717) is 0 Å². The Balaban J connectivity index is -0.0000000133. The van der Waals surface area contributed by atoms with Crippen molar-refractivity contribution in [2.45, 2.75) is 0 Å². The van der Waals surface area contributed by atoms with Crippen molar-refractivity contribution < 1.29 is 30.7 Å². The van der Waals surface area contributed by atoms with E-state index in [1.807, 2.05) is 13.6 Å². The Morgan fingerprint density at radius 3 is 0.800 bits per heavy atom. The normalized spacial score (nSPS) is 1.60. The summed E-state index contributed by atoms with van der Waals surface area (Å²) in [6.07, 6.45) is 0. The molecule has 0 bridgehead atoms. The third-order valence-electron chi connectivity index (χ3n) is 0. The Labute approximate surface area is 44.8 Å². The zero-order valence-electron chi connectivity index (χ0n) is 2.64. The minimum Gasteiger partial charge on any atom is -0.307 e. The van der Waals surface area contributed by atoms with Crippen LogP contribution in [-0.2, 0) is 30.7 Å². The molecule has 0 aliphatic heterocycles. The Kier molecular flexibility index (Phi) is 183000. The van der Waals surface area contributed by atoms with Gasteiger partial charge in [-0.05, 0) is 0 Å². The molecule has 0 atom stereocenters. The fourth-order valence-corrected chi connectivity index (χ4v) is 0. The zero-order chi connectivity index (χ0) is 4.00. The smallest absolute Gasteiger partial charge is 0.106 e. The summed E-state index contributed by atoms with van der Waals surface area (Å²) in [5.74, 6) is 0. The Hall–Kier alpha value is 0.0283. The second kappa shape index (κ2) is 46100. The summed E-state index contributed by atoms with van der Waals surface area (Å²) in [5.41, 5.74) is 0. The maximum Gasteiger partial charge on any atom is 0.106 e. The van der Waals surface area contributed by atoms with Crippen LogP contribution in [0.3, 0.4) is 0 Å². The molecule has 0 saturated carbocycles. The van der Waals surface area contributed by atoms with Crippen LogP contribution in [0.4, 0.5) is 0 Å². The van der Waals surface area contributed by atoms with Crippen LogP contribution in [0.25, 0.3) is 0 Å². The van der Waals surface area contributed by atoms with E-state index in [-0.39, 0.29) is 21.1 Å². The molecular formula is C2H4MoO2. The van der Waals surface area contributed by atoms with Crippen molar-refractivity contribution in [3.8, 4) is 0 Å². The van der Waals surface area contributed by atoms with Crippen molar-refractivity contribution in [1.82, 2.24) is 0 Å². The largest absolute Gasteiger partial charge is 0.307 e. The summed E-state index contributed by atoms with van der Waals surface area (Å²) < 4.78 is 0. The monoisotopic (exact) mass is 158 g/mol. The second-order valence-electron chi connectivity index (χ2n) is 0. The van der Waals surface area contributed by atoms with Gasteiger partial charge in [0.15, 0.2) is 0 Å². The van der Waals surface area contributed by atoms with Gasteiger partial charge in [0.1, 0.15) is 13.6 Å². The fourth-order valence-electron chi connectivity index (χ4n) is 0. The van der Waals surface area contributed by atoms with Gasteiger partial charge in [0.2, 0.25) is 0 Å². The molecule has 2 nitrogen and oxygen atoms in total. The van der Waals surface area contributed by atoms with E-state index < -0.39 is 0 Å². The van der Waals surface area contributed by atoms with Gasteiger partial charge in [-0.2, -0.15) is 0 Å². The van der Waals surface area contributed by atoms with E-state index in [4.69, 9.17) is 9.59 Å². The standard InChI is InChI=1S/2CH2O.Mo/c2*1-2;/h2*1H2;. The van der Waals surface area contributed by atoms with Crippen molar-refractivity contribution >= 4 is 13.6 Å². The molecule has 0 unspecified atom stereocenters. The number of rotatable bonds is 0. The maximum atomic E-state index is 8.00. The molecule has 0 N–H and O–H groups in total. The summed E-state index contributed by atoms with van der Waals surface area (Å²) in [7, 11) is 0. The third-order valence-corrected chi connectivity index (χ3v) is 0. The predicted octanol–water partition coefficient (Wildman–Crippen LogP) is -0.372. The van der Waals surface area contributed by atoms with Gasteiger partial charge in [-0.1, -0.05) is 0 Å². The summed E-state index contributed by atoms with van der Waals surface area (Å²) in [6, 6.07) is 0. The Bertz CT molecular complexity index is 9.61. The summed E-state index contributed by atoms with van der Waals surface area (Å²) in [4.78, 5) is 16.0. The summed E-state index contributed by atoms with van der Waals surface area (Å²) >= 11 is 0. The van der Waals surface area contributed by atoms with Crippen molar-refractivity contribution in [1.29, 1.82) is 0 Å². The van der Waals surface area contributed by atoms with Crippen LogP contribution in [-0.4, -0.2) is 13.6 Å². The zero-order valence-corrected chi connectivity index (χ0v) is 4.65. The van der Waals surface area contributed by atoms with Crippen LogP contribution in [0.15, 0.2) is 0 Å². The van der Waals surface area contributed by atoms with Crippen LogP contribution in [0.2, 0.25) is 0 Å². The predicted molar refractivity (Wildman–Crippen MR) is 14.2 cm³/mol. The first-order valence-corrected chi connectivity index (χ1v) is 0.577. The molecule has 0 aliphatic rings. The molecule has 0 aromatic carbocycles. The van der Waals surface area contributed by atoms with Crippen LogP contribution < -0.4 is 0 Å². The van der Waals surface area contributed by atoms with Crippen molar-refractivity contribution in [3.63, 3.8) is 0 Å². The van der Waals surface area contributed by atoms with Gasteiger partial charge in [0.25, 0.3) is 0 Å². The van der Waals surface area contributed by atoms with Gasteiger partial charge in [-0.3, -0.25) is 0 Å². The minimum absolute atomic E-state index is 0. The van der Waals surface area contributed by atoms with E-state index in [1.165, 1.54) is 0 Å². The third kappa shape index (κ3) is 20700. The van der Waals surface area contributed by atoms with Gasteiger partial charge >= 0.3 is 0 Å². The maximum absolute atomic E-state index is 8.00. The molecule has 5 heavy (non-hydrogen) atoms. The van der Waals surface area contributed by atoms with Crippen LogP contribution in [0.1, 0.15) is 0 Å². The first-order chi connectivity index (χ1) is 2.00. The number of carbonyl (C=O) groups excluding carboxylic acids is 2. The SMILES string of the molecule is C=O.C=O.[Mo]. The van der Waals surface area contributed by atoms with Crippen LogP contribution in [0, 0.1) is 0 Å². The molecule has 0 aromatic heterocycles. The van der Waals surface area contributed by atoms with Crippen molar-refractivity contribution in [3.05, 3.63) is 0 Å². The quantitative estimate of drug-likeness (QED) is 0.448. The average Bonchev–Trinajstić information content (AvgIpc) is 1.50. The van der Waals surface area contributed by atoms with Gasteiger partial charge in [-0.25, -0.2) is 0 Å². The van der Waals surface area contributed by atoms with E-state index in [0.717, 1.165) is 0 Å². The van der Waals surface area contributed by atoms with Crippen molar-refractivity contribution in [2.75, 3.05) is 0 Å². The fraction of sp³-hybridized carbons (Fsp3) is 0. The molecule has 0 rings (SSSR count). The van der Waals surface area contributed by atoms with Crippen molar-refractivity contribution in [2.24, 2.45) is 0 Å². The molecule has 0 aromatic rings. The van der Waals surface area contributed by atoms with Gasteiger partial charge in [0, 0.05) is 21.1 Å². The van der Waals surface area contributed by atoms with E-state index in [1.54, 1.807) is 0 Å². The summed E-state index contributed by atoms with van der Waals surface area (Å²) in [5, 5.41) is 0. The number of hydrogen-bond donors (Lipinski definition) is 0. The Morgan fingerprint density at radius 1 is 0.800 bits per heavy atom. The average molecular weight is 156 g/mol. The first kappa shape index (κ1) is 19.8. The van der Waals surface area contributed by atoms with Crippen LogP contribution in [0.5, 0.6) is 0 Å². The molecule has 3 heteroatoms. The van der Waals surface area contributed by atoms with Gasteiger partial charge < -0.3 is 9.59 Å². The molecular weight excluding hydrogens is 152 g/mol. The van der Waals surface area contributed by atoms with E-state index in [2.05, 4.69) is 0 Å². The minimum atomic E-state index is 0. The molecule has 0 saturated heterocycles. The van der Waals surface area contributed by atoms with Crippen LogP contribution >= 0.6 is 0 Å². The van der Waals surface area contributed by atoms with E-state index >= 15 is 0 Å². The second-order valence-corrected chi connectivity index (χ2v) is 0. The molecule has 30 valence electrons. The molecule has 0 spiro atoms. The topological polar surface area (TPSA) is 34.1 Å². The first-order valence-electron chi connectivity index (χ1n) is 0.577. The van der Waals surface area contributed by atoms with E-state index in [9.17, 15) is 0 Å². The molecule has 0 aliphatic carbocycles. The van der Waals surface area contributed by atoms with Gasteiger partial charge in [0.05, 0.1) is 0 Å². The molecule has 0 radical (unpaired) electrons. The summed E-state index contributed by atoms with van der Waals surface area (Å²) in [6.45, 7) is 4.00. The Morgan fingerprint density at radius 2 is 0.800 bits per heavy atom. The molecule has 0 amide bonds. The molecule has 0 heterocycles. The number of carbonyl (C=O) groups is 2. The van der Waals surface area contributed by atoms with Gasteiger partial charge in [-0.15, -0.1) is 0 Å². The molecule has 0 fully saturated rings.